The largest absolute Gasteiger partial charge is 0.467 e. The Morgan fingerprint density at radius 2 is 1.81 bits per heavy atom. The first-order valence-corrected chi connectivity index (χ1v) is 6.41. The molecule has 0 N–H and O–H groups in total. The Labute approximate surface area is 122 Å². The molecule has 0 radical (unpaired) electrons. The molecule has 0 aliphatic carbocycles. The van der Waals surface area contributed by atoms with Crippen molar-refractivity contribution >= 4 is 5.91 Å². The van der Waals surface area contributed by atoms with E-state index in [1.54, 1.807) is 24.1 Å². The van der Waals surface area contributed by atoms with Crippen LogP contribution in [0, 0.1) is 5.82 Å². The van der Waals surface area contributed by atoms with Crippen LogP contribution in [0.2, 0.25) is 0 Å². The number of carbonyl (C=O) groups excluding carboxylic acids is 1. The monoisotopic (exact) mass is 289 g/mol. The fraction of sp³-hybridized carbons (Fsp3) is 0.267. The van der Waals surface area contributed by atoms with Gasteiger partial charge in [-0.1, -0.05) is 12.1 Å². The maximum absolute atomic E-state index is 12.9. The van der Waals surface area contributed by atoms with E-state index < -0.39 is 0 Å². The standard InChI is InChI=1S/C15H16FN3O2/c1-10(11-4-6-13(16)7-5-11)19(2)14(20)12-8-17-15(21-3)18-9-12/h4-10H,1-3H3/t10-/m0/s1. The van der Waals surface area contributed by atoms with Crippen LogP contribution >= 0.6 is 0 Å². The predicted octanol–water partition coefficient (Wildman–Crippen LogP) is 2.46. The summed E-state index contributed by atoms with van der Waals surface area (Å²) in [5.74, 6) is -0.516. The van der Waals surface area contributed by atoms with Crippen LogP contribution in [0.3, 0.4) is 0 Å². The maximum atomic E-state index is 12.9. The van der Waals surface area contributed by atoms with Crippen LogP contribution in [0.25, 0.3) is 0 Å². The number of aromatic nitrogens is 2. The first-order chi connectivity index (χ1) is 10.0. The summed E-state index contributed by atoms with van der Waals surface area (Å²) in [4.78, 5) is 21.7. The molecule has 0 aliphatic rings. The van der Waals surface area contributed by atoms with Gasteiger partial charge in [-0.25, -0.2) is 14.4 Å². The number of carbonyl (C=O) groups is 1. The fourth-order valence-corrected chi connectivity index (χ4v) is 1.88. The number of nitrogens with zero attached hydrogens (tertiary/aromatic N) is 3. The van der Waals surface area contributed by atoms with Gasteiger partial charge in [-0.3, -0.25) is 4.79 Å². The third-order valence-electron chi connectivity index (χ3n) is 3.31. The first-order valence-electron chi connectivity index (χ1n) is 6.41. The van der Waals surface area contributed by atoms with Gasteiger partial charge in [0.1, 0.15) is 5.82 Å². The molecule has 21 heavy (non-hydrogen) atoms. The van der Waals surface area contributed by atoms with Crippen molar-refractivity contribution in [2.45, 2.75) is 13.0 Å². The van der Waals surface area contributed by atoms with Gasteiger partial charge in [-0.2, -0.15) is 0 Å². The summed E-state index contributed by atoms with van der Waals surface area (Å²) in [6.07, 6.45) is 2.84. The molecule has 0 saturated heterocycles. The smallest absolute Gasteiger partial charge is 0.316 e. The Bertz CT molecular complexity index is 614. The molecule has 110 valence electrons. The Morgan fingerprint density at radius 3 is 2.33 bits per heavy atom. The predicted molar refractivity (Wildman–Crippen MR) is 75.5 cm³/mol. The van der Waals surface area contributed by atoms with Crippen molar-refractivity contribution in [1.82, 2.24) is 14.9 Å². The van der Waals surface area contributed by atoms with Crippen LogP contribution < -0.4 is 4.74 Å². The molecule has 1 atom stereocenters. The lowest BCUT2D eigenvalue weighted by atomic mass is 10.1. The number of hydrogen-bond acceptors (Lipinski definition) is 4. The molecule has 1 heterocycles. The number of hydrogen-bond donors (Lipinski definition) is 0. The summed E-state index contributed by atoms with van der Waals surface area (Å²) >= 11 is 0. The molecule has 6 heteroatoms. The van der Waals surface area contributed by atoms with E-state index in [1.165, 1.54) is 31.6 Å². The van der Waals surface area contributed by atoms with Crippen LogP contribution in [0.1, 0.15) is 28.9 Å². The van der Waals surface area contributed by atoms with E-state index in [4.69, 9.17) is 4.74 Å². The number of halogens is 1. The molecule has 1 aromatic heterocycles. The molecule has 0 aliphatic heterocycles. The lowest BCUT2D eigenvalue weighted by molar-refractivity contribution is 0.0741. The van der Waals surface area contributed by atoms with Gasteiger partial charge in [0.05, 0.1) is 18.7 Å². The van der Waals surface area contributed by atoms with Crippen molar-refractivity contribution < 1.29 is 13.9 Å². The van der Waals surface area contributed by atoms with Crippen molar-refractivity contribution in [1.29, 1.82) is 0 Å². The van der Waals surface area contributed by atoms with Crippen molar-refractivity contribution in [3.63, 3.8) is 0 Å². The maximum Gasteiger partial charge on any atom is 0.316 e. The average Bonchev–Trinajstić information content (AvgIpc) is 2.53. The quantitative estimate of drug-likeness (QED) is 0.867. The fourth-order valence-electron chi connectivity index (χ4n) is 1.88. The molecule has 0 unspecified atom stereocenters. The van der Waals surface area contributed by atoms with E-state index in [0.717, 1.165) is 5.56 Å². The molecule has 0 spiro atoms. The molecule has 0 saturated carbocycles. The molecule has 2 aromatic rings. The van der Waals surface area contributed by atoms with Crippen LogP contribution in [0.4, 0.5) is 4.39 Å². The number of methoxy groups -OCH3 is 1. The SMILES string of the molecule is COc1ncc(C(=O)N(C)[C@@H](C)c2ccc(F)cc2)cn1. The number of amides is 1. The number of ether oxygens (including phenoxy) is 1. The van der Waals surface area contributed by atoms with Gasteiger partial charge in [0.25, 0.3) is 5.91 Å². The Balaban J connectivity index is 2.15. The topological polar surface area (TPSA) is 55.3 Å². The van der Waals surface area contributed by atoms with Gasteiger partial charge >= 0.3 is 6.01 Å². The summed E-state index contributed by atoms with van der Waals surface area (Å²) in [5, 5.41) is 0. The average molecular weight is 289 g/mol. The lowest BCUT2D eigenvalue weighted by Crippen LogP contribution is -2.29. The van der Waals surface area contributed by atoms with E-state index in [0.29, 0.717) is 5.56 Å². The zero-order valence-electron chi connectivity index (χ0n) is 12.1. The summed E-state index contributed by atoms with van der Waals surface area (Å²) in [6.45, 7) is 1.87. The van der Waals surface area contributed by atoms with Gasteiger partial charge in [-0.15, -0.1) is 0 Å². The highest BCUT2D eigenvalue weighted by molar-refractivity contribution is 5.93. The van der Waals surface area contributed by atoms with Crippen LogP contribution in [-0.4, -0.2) is 34.9 Å². The second kappa shape index (κ2) is 6.30. The second-order valence-corrected chi connectivity index (χ2v) is 4.60. The van der Waals surface area contributed by atoms with Gasteiger partial charge in [-0.05, 0) is 24.6 Å². The van der Waals surface area contributed by atoms with Gasteiger partial charge < -0.3 is 9.64 Å². The highest BCUT2D eigenvalue weighted by Crippen LogP contribution is 2.20. The molecule has 0 fully saturated rings. The number of rotatable bonds is 4. The van der Waals surface area contributed by atoms with Crippen LogP contribution in [-0.2, 0) is 0 Å². The normalized spacial score (nSPS) is 11.8. The first kappa shape index (κ1) is 14.9. The minimum Gasteiger partial charge on any atom is -0.467 e. The van der Waals surface area contributed by atoms with E-state index in [1.807, 2.05) is 6.92 Å². The Kier molecular flexibility index (Phi) is 4.47. The lowest BCUT2D eigenvalue weighted by Gasteiger charge is -2.25. The van der Waals surface area contributed by atoms with E-state index in [9.17, 15) is 9.18 Å². The highest BCUT2D eigenvalue weighted by atomic mass is 19.1. The highest BCUT2D eigenvalue weighted by Gasteiger charge is 2.19. The van der Waals surface area contributed by atoms with E-state index in [-0.39, 0.29) is 23.8 Å². The summed E-state index contributed by atoms with van der Waals surface area (Å²) < 4.78 is 17.8. The van der Waals surface area contributed by atoms with Gasteiger partial charge in [0.2, 0.25) is 0 Å². The van der Waals surface area contributed by atoms with Gasteiger partial charge in [0, 0.05) is 19.4 Å². The van der Waals surface area contributed by atoms with Crippen molar-refractivity contribution in [2.75, 3.05) is 14.2 Å². The van der Waals surface area contributed by atoms with Gasteiger partial charge in [0.15, 0.2) is 0 Å². The molecular formula is C15H16FN3O2. The number of benzene rings is 1. The minimum atomic E-state index is -0.302. The Hall–Kier alpha value is -2.50. The molecule has 2 rings (SSSR count). The Morgan fingerprint density at radius 1 is 1.24 bits per heavy atom. The molecular weight excluding hydrogens is 273 g/mol. The molecule has 5 nitrogen and oxygen atoms in total. The van der Waals surface area contributed by atoms with E-state index in [2.05, 4.69) is 9.97 Å². The summed E-state index contributed by atoms with van der Waals surface area (Å²) in [5.41, 5.74) is 1.22. The van der Waals surface area contributed by atoms with Crippen molar-refractivity contribution in [3.8, 4) is 6.01 Å². The third-order valence-corrected chi connectivity index (χ3v) is 3.31. The minimum absolute atomic E-state index is 0.194. The third kappa shape index (κ3) is 3.34. The second-order valence-electron chi connectivity index (χ2n) is 4.60. The van der Waals surface area contributed by atoms with E-state index >= 15 is 0 Å². The van der Waals surface area contributed by atoms with Crippen molar-refractivity contribution in [2.24, 2.45) is 0 Å². The van der Waals surface area contributed by atoms with Crippen LogP contribution in [0.15, 0.2) is 36.7 Å². The summed E-state index contributed by atoms with van der Waals surface area (Å²) in [7, 11) is 3.14. The molecule has 1 aromatic carbocycles. The zero-order valence-corrected chi connectivity index (χ0v) is 12.1. The molecule has 0 bridgehead atoms. The van der Waals surface area contributed by atoms with Crippen LogP contribution in [0.5, 0.6) is 6.01 Å². The van der Waals surface area contributed by atoms with Crippen molar-refractivity contribution in [3.05, 3.63) is 53.6 Å². The zero-order chi connectivity index (χ0) is 15.4. The molecule has 1 amide bonds. The summed E-state index contributed by atoms with van der Waals surface area (Å²) in [6, 6.07) is 6.09.